The van der Waals surface area contributed by atoms with Crippen LogP contribution in [0.25, 0.3) is 0 Å². The quantitative estimate of drug-likeness (QED) is 0.534. The fourth-order valence-electron chi connectivity index (χ4n) is 3.89. The molecule has 1 aromatic carbocycles. The number of nitro benzene ring substituents is 1. The van der Waals surface area contributed by atoms with Gasteiger partial charge >= 0.3 is 0 Å². The maximum absolute atomic E-state index is 13.1. The second-order valence-corrected chi connectivity index (χ2v) is 9.72. The van der Waals surface area contributed by atoms with Gasteiger partial charge in [0.2, 0.25) is 5.91 Å². The van der Waals surface area contributed by atoms with Crippen LogP contribution in [-0.2, 0) is 21.1 Å². The summed E-state index contributed by atoms with van der Waals surface area (Å²) in [6, 6.07) is 6.01. The van der Waals surface area contributed by atoms with E-state index < -0.39 is 20.1 Å². The highest BCUT2D eigenvalue weighted by molar-refractivity contribution is 7.91. The first-order chi connectivity index (χ1) is 13.3. The molecule has 0 aliphatic carbocycles. The first kappa shape index (κ1) is 20.7. The summed E-state index contributed by atoms with van der Waals surface area (Å²) < 4.78 is 24.0. The van der Waals surface area contributed by atoms with E-state index in [1.807, 2.05) is 0 Å². The normalized spacial score (nSPS) is 23.7. The van der Waals surface area contributed by atoms with Gasteiger partial charge in [-0.3, -0.25) is 20.2 Å². The average Bonchev–Trinajstić information content (AvgIpc) is 3.14. The minimum atomic E-state index is -3.36. The molecule has 0 radical (unpaired) electrons. The number of amides is 1. The van der Waals surface area contributed by atoms with Crippen LogP contribution in [0.3, 0.4) is 0 Å². The Morgan fingerprint density at radius 2 is 1.96 bits per heavy atom. The minimum Gasteiger partial charge on any atom is -0.334 e. The Bertz CT molecular complexity index is 838. The summed E-state index contributed by atoms with van der Waals surface area (Å²) >= 11 is 0. The molecule has 1 N–H and O–H groups in total. The van der Waals surface area contributed by atoms with Crippen molar-refractivity contribution in [2.75, 3.05) is 39.0 Å². The largest absolute Gasteiger partial charge is 0.334 e. The molecule has 2 atom stereocenters. The predicted octanol–water partition coefficient (Wildman–Crippen LogP) is 0.404. The van der Waals surface area contributed by atoms with E-state index >= 15 is 0 Å². The molecule has 2 heterocycles. The summed E-state index contributed by atoms with van der Waals surface area (Å²) in [6.45, 7) is 3.05. The number of likely N-dealkylation sites (tertiary alicyclic amines) is 1. The summed E-state index contributed by atoms with van der Waals surface area (Å²) in [5.74, 6) is -0.284. The lowest BCUT2D eigenvalue weighted by molar-refractivity contribution is -0.385. The van der Waals surface area contributed by atoms with Crippen molar-refractivity contribution in [2.45, 2.75) is 30.7 Å². The zero-order chi connectivity index (χ0) is 20.3. The van der Waals surface area contributed by atoms with E-state index in [4.69, 9.17) is 0 Å². The molecule has 1 aromatic rings. The van der Waals surface area contributed by atoms with Gasteiger partial charge in [-0.1, -0.05) is 18.2 Å². The van der Waals surface area contributed by atoms with E-state index in [1.54, 1.807) is 23.1 Å². The van der Waals surface area contributed by atoms with Crippen LogP contribution in [-0.4, -0.2) is 79.4 Å². The number of nitro groups is 1. The molecule has 0 spiro atoms. The predicted molar refractivity (Wildman–Crippen MR) is 105 cm³/mol. The topological polar surface area (TPSA) is 113 Å². The number of nitrogens with one attached hydrogen (secondary N) is 1. The first-order valence-corrected chi connectivity index (χ1v) is 11.4. The fraction of sp³-hybridized carbons (Fsp3) is 0.611. The zero-order valence-corrected chi connectivity index (χ0v) is 16.7. The highest BCUT2D eigenvalue weighted by Gasteiger charge is 2.37. The third kappa shape index (κ3) is 4.86. The molecule has 10 heteroatoms. The second kappa shape index (κ2) is 8.54. The van der Waals surface area contributed by atoms with E-state index in [-0.39, 0.29) is 30.6 Å². The molecule has 0 bridgehead atoms. The van der Waals surface area contributed by atoms with Gasteiger partial charge in [0.05, 0.1) is 23.9 Å². The molecule has 2 fully saturated rings. The van der Waals surface area contributed by atoms with Crippen molar-refractivity contribution < 1.29 is 18.1 Å². The van der Waals surface area contributed by atoms with Crippen LogP contribution in [0, 0.1) is 10.1 Å². The third-order valence-corrected chi connectivity index (χ3v) is 6.77. The van der Waals surface area contributed by atoms with Crippen molar-refractivity contribution in [3.05, 3.63) is 39.9 Å². The molecule has 2 aliphatic heterocycles. The van der Waals surface area contributed by atoms with Crippen LogP contribution in [0.5, 0.6) is 0 Å². The summed E-state index contributed by atoms with van der Waals surface area (Å²) in [6.07, 6.45) is 3.27. The Morgan fingerprint density at radius 3 is 2.61 bits per heavy atom. The number of benzene rings is 1. The van der Waals surface area contributed by atoms with Crippen LogP contribution in [0.2, 0.25) is 0 Å². The Kier molecular flexibility index (Phi) is 6.31. The van der Waals surface area contributed by atoms with Crippen molar-refractivity contribution in [1.29, 1.82) is 0 Å². The maximum atomic E-state index is 13.1. The van der Waals surface area contributed by atoms with Crippen LogP contribution in [0.4, 0.5) is 5.69 Å². The van der Waals surface area contributed by atoms with Gasteiger partial charge in [-0.2, -0.15) is 0 Å². The van der Waals surface area contributed by atoms with Gasteiger partial charge in [0, 0.05) is 31.0 Å². The smallest absolute Gasteiger partial charge is 0.273 e. The van der Waals surface area contributed by atoms with E-state index in [9.17, 15) is 23.3 Å². The standard InChI is InChI=1S/C18H26N4O5S/c1-28(26,27)17-13-21(15(11-19-17)12-20-8-4-5-9-20)18(23)10-14-6-2-3-7-16(14)22(24)25/h2-3,6-7,15,17,19H,4-5,8-13H2,1H3. The molecule has 0 aromatic heterocycles. The molecule has 3 rings (SSSR count). The van der Waals surface area contributed by atoms with Crippen LogP contribution >= 0.6 is 0 Å². The lowest BCUT2D eigenvalue weighted by atomic mass is 10.1. The van der Waals surface area contributed by atoms with Crippen molar-refractivity contribution in [3.8, 4) is 0 Å². The van der Waals surface area contributed by atoms with E-state index in [2.05, 4.69) is 10.2 Å². The van der Waals surface area contributed by atoms with Crippen LogP contribution < -0.4 is 5.32 Å². The molecule has 2 saturated heterocycles. The van der Waals surface area contributed by atoms with Crippen molar-refractivity contribution in [2.24, 2.45) is 0 Å². The Labute approximate surface area is 164 Å². The number of carbonyl (C=O) groups excluding carboxylic acids is 1. The van der Waals surface area contributed by atoms with Crippen molar-refractivity contribution in [3.63, 3.8) is 0 Å². The van der Waals surface area contributed by atoms with Crippen LogP contribution in [0.1, 0.15) is 18.4 Å². The summed E-state index contributed by atoms with van der Waals surface area (Å²) in [5.41, 5.74) is 0.244. The highest BCUT2D eigenvalue weighted by atomic mass is 32.2. The number of hydrogen-bond donors (Lipinski definition) is 1. The molecule has 154 valence electrons. The highest BCUT2D eigenvalue weighted by Crippen LogP contribution is 2.21. The summed E-state index contributed by atoms with van der Waals surface area (Å²) in [7, 11) is -3.36. The number of hydrogen-bond acceptors (Lipinski definition) is 7. The molecular weight excluding hydrogens is 384 g/mol. The number of carbonyl (C=O) groups is 1. The molecule has 28 heavy (non-hydrogen) atoms. The molecule has 0 saturated carbocycles. The van der Waals surface area contributed by atoms with Gasteiger partial charge < -0.3 is 9.80 Å². The van der Waals surface area contributed by atoms with Gasteiger partial charge in [-0.15, -0.1) is 0 Å². The lowest BCUT2D eigenvalue weighted by Crippen LogP contribution is -2.63. The van der Waals surface area contributed by atoms with Crippen LogP contribution in [0.15, 0.2) is 24.3 Å². The molecular formula is C18H26N4O5S. The van der Waals surface area contributed by atoms with Gasteiger partial charge in [-0.05, 0) is 25.9 Å². The fourth-order valence-corrected chi connectivity index (χ4v) is 4.72. The second-order valence-electron chi connectivity index (χ2n) is 7.50. The Hall–Kier alpha value is -2.04. The third-order valence-electron chi connectivity index (χ3n) is 5.42. The SMILES string of the molecule is CS(=O)(=O)C1CN(C(=O)Cc2ccccc2[N+](=O)[O-])C(CN2CCCC2)CN1. The molecule has 2 aliphatic rings. The monoisotopic (exact) mass is 410 g/mol. The lowest BCUT2D eigenvalue weighted by Gasteiger charge is -2.41. The maximum Gasteiger partial charge on any atom is 0.273 e. The van der Waals surface area contributed by atoms with Crippen molar-refractivity contribution >= 4 is 21.4 Å². The van der Waals surface area contributed by atoms with E-state index in [0.717, 1.165) is 32.2 Å². The molecule has 2 unspecified atom stereocenters. The number of rotatable bonds is 6. The first-order valence-electron chi connectivity index (χ1n) is 9.42. The minimum absolute atomic E-state index is 0.0524. The van der Waals surface area contributed by atoms with Crippen molar-refractivity contribution in [1.82, 2.24) is 15.1 Å². The van der Waals surface area contributed by atoms with Gasteiger partial charge in [0.1, 0.15) is 5.37 Å². The molecule has 9 nitrogen and oxygen atoms in total. The van der Waals surface area contributed by atoms with Gasteiger partial charge in [0.25, 0.3) is 5.69 Å². The van der Waals surface area contributed by atoms with Gasteiger partial charge in [0.15, 0.2) is 9.84 Å². The zero-order valence-electron chi connectivity index (χ0n) is 15.9. The number of para-hydroxylation sites is 1. The Morgan fingerprint density at radius 1 is 1.29 bits per heavy atom. The average molecular weight is 410 g/mol. The summed E-state index contributed by atoms with van der Waals surface area (Å²) in [5, 5.41) is 13.5. The van der Waals surface area contributed by atoms with Gasteiger partial charge in [-0.25, -0.2) is 8.42 Å². The summed E-state index contributed by atoms with van der Waals surface area (Å²) in [4.78, 5) is 27.7. The molecule has 1 amide bonds. The van der Waals surface area contributed by atoms with E-state index in [0.29, 0.717) is 18.7 Å². The number of sulfone groups is 1. The Balaban J connectivity index is 1.79. The number of piperazine rings is 1. The van der Waals surface area contributed by atoms with E-state index in [1.165, 1.54) is 6.07 Å². The number of nitrogens with zero attached hydrogens (tertiary/aromatic N) is 3.